The van der Waals surface area contributed by atoms with Crippen LogP contribution in [0.5, 0.6) is 0 Å². The minimum atomic E-state index is -0.676. The van der Waals surface area contributed by atoms with Crippen molar-refractivity contribution in [2.75, 3.05) is 52.5 Å². The molecular formula is C12H24N2O3. The molecule has 2 aliphatic heterocycles. The van der Waals surface area contributed by atoms with Crippen molar-refractivity contribution in [3.05, 3.63) is 0 Å². The summed E-state index contributed by atoms with van der Waals surface area (Å²) in [5.41, 5.74) is -0.676. The largest absolute Gasteiger partial charge is 0.386 e. The lowest BCUT2D eigenvalue weighted by Crippen LogP contribution is -2.48. The molecule has 5 heteroatoms. The third kappa shape index (κ3) is 3.63. The molecule has 0 aromatic heterocycles. The van der Waals surface area contributed by atoms with Gasteiger partial charge in [0.2, 0.25) is 0 Å². The predicted molar refractivity (Wildman–Crippen MR) is 65.1 cm³/mol. The Kier molecular flexibility index (Phi) is 4.76. The van der Waals surface area contributed by atoms with Crippen LogP contribution in [0.2, 0.25) is 0 Å². The number of rotatable bonds is 5. The molecule has 0 bridgehead atoms. The quantitative estimate of drug-likeness (QED) is 0.636. The number of hydrogen-bond acceptors (Lipinski definition) is 5. The van der Waals surface area contributed by atoms with E-state index >= 15 is 0 Å². The van der Waals surface area contributed by atoms with Crippen molar-refractivity contribution in [2.45, 2.75) is 25.0 Å². The van der Waals surface area contributed by atoms with Gasteiger partial charge >= 0.3 is 0 Å². The van der Waals surface area contributed by atoms with E-state index in [9.17, 15) is 5.11 Å². The number of nitrogens with one attached hydrogen (secondary N) is 1. The van der Waals surface area contributed by atoms with E-state index < -0.39 is 5.60 Å². The highest BCUT2D eigenvalue weighted by atomic mass is 16.5. The van der Waals surface area contributed by atoms with Crippen molar-refractivity contribution in [1.82, 2.24) is 10.2 Å². The van der Waals surface area contributed by atoms with Crippen LogP contribution in [-0.2, 0) is 9.47 Å². The minimum absolute atomic E-state index is 0.0570. The molecule has 2 fully saturated rings. The zero-order valence-electron chi connectivity index (χ0n) is 10.7. The second-order valence-electron chi connectivity index (χ2n) is 5.00. The van der Waals surface area contributed by atoms with Crippen molar-refractivity contribution < 1.29 is 14.6 Å². The molecule has 0 radical (unpaired) electrons. The summed E-state index contributed by atoms with van der Waals surface area (Å²) in [5, 5.41) is 13.6. The molecule has 17 heavy (non-hydrogen) atoms. The Bertz CT molecular complexity index is 234. The molecule has 2 atom stereocenters. The number of aliphatic hydroxyl groups is 1. The Morgan fingerprint density at radius 2 is 2.12 bits per heavy atom. The van der Waals surface area contributed by atoms with Gasteiger partial charge in [0.05, 0.1) is 19.3 Å². The van der Waals surface area contributed by atoms with Crippen molar-refractivity contribution in [2.24, 2.45) is 0 Å². The molecule has 0 aromatic rings. The van der Waals surface area contributed by atoms with Crippen LogP contribution in [0.4, 0.5) is 0 Å². The van der Waals surface area contributed by atoms with Crippen LogP contribution in [0.3, 0.4) is 0 Å². The molecule has 0 saturated carbocycles. The zero-order chi connectivity index (χ0) is 12.1. The van der Waals surface area contributed by atoms with Crippen LogP contribution < -0.4 is 5.32 Å². The maximum Gasteiger partial charge on any atom is 0.105 e. The van der Waals surface area contributed by atoms with Gasteiger partial charge in [0.15, 0.2) is 0 Å². The minimum Gasteiger partial charge on any atom is -0.386 e. The third-order valence-electron chi connectivity index (χ3n) is 3.80. The molecule has 2 aliphatic rings. The molecule has 0 aliphatic carbocycles. The maximum absolute atomic E-state index is 10.3. The van der Waals surface area contributed by atoms with Crippen LogP contribution in [-0.4, -0.2) is 74.3 Å². The van der Waals surface area contributed by atoms with Crippen LogP contribution in [0.25, 0.3) is 0 Å². The molecule has 2 rings (SSSR count). The first-order chi connectivity index (χ1) is 8.21. The summed E-state index contributed by atoms with van der Waals surface area (Å²) in [7, 11) is 0. The summed E-state index contributed by atoms with van der Waals surface area (Å²) < 4.78 is 10.7. The van der Waals surface area contributed by atoms with Gasteiger partial charge in [0.25, 0.3) is 0 Å². The Labute approximate surface area is 103 Å². The average molecular weight is 244 g/mol. The maximum atomic E-state index is 10.3. The molecule has 0 aromatic carbocycles. The lowest BCUT2D eigenvalue weighted by molar-refractivity contribution is -0.0267. The van der Waals surface area contributed by atoms with Crippen molar-refractivity contribution in [3.63, 3.8) is 0 Å². The first-order valence-corrected chi connectivity index (χ1v) is 6.55. The van der Waals surface area contributed by atoms with Crippen molar-refractivity contribution in [1.29, 1.82) is 0 Å². The van der Waals surface area contributed by atoms with Gasteiger partial charge in [-0.2, -0.15) is 0 Å². The van der Waals surface area contributed by atoms with Gasteiger partial charge in [-0.25, -0.2) is 0 Å². The Hall–Kier alpha value is -0.200. The molecule has 0 spiro atoms. The van der Waals surface area contributed by atoms with Crippen LogP contribution in [0, 0.1) is 0 Å². The number of morpholine rings is 1. The highest BCUT2D eigenvalue weighted by Crippen LogP contribution is 2.24. The number of ether oxygens (including phenoxy) is 2. The molecule has 100 valence electrons. The fourth-order valence-electron chi connectivity index (χ4n) is 2.37. The predicted octanol–water partition coefficient (Wildman–Crippen LogP) is -0.552. The summed E-state index contributed by atoms with van der Waals surface area (Å²) in [6.45, 7) is 8.89. The highest BCUT2D eigenvalue weighted by Gasteiger charge is 2.38. The topological polar surface area (TPSA) is 54.0 Å². The lowest BCUT2D eigenvalue weighted by Gasteiger charge is -2.29. The van der Waals surface area contributed by atoms with E-state index in [0.717, 1.165) is 45.8 Å². The van der Waals surface area contributed by atoms with Gasteiger partial charge in [0.1, 0.15) is 5.60 Å². The molecule has 2 heterocycles. The molecule has 0 amide bonds. The summed E-state index contributed by atoms with van der Waals surface area (Å²) in [6.07, 6.45) is 0.678. The van der Waals surface area contributed by atoms with Crippen LogP contribution in [0.1, 0.15) is 13.3 Å². The van der Waals surface area contributed by atoms with Gasteiger partial charge < -0.3 is 19.9 Å². The second kappa shape index (κ2) is 6.11. The van der Waals surface area contributed by atoms with Crippen molar-refractivity contribution in [3.8, 4) is 0 Å². The Morgan fingerprint density at radius 3 is 2.76 bits per heavy atom. The highest BCUT2D eigenvalue weighted by molar-refractivity contribution is 4.91. The SMILES string of the molecule is CC1OCCC1(O)CNCCN1CCOCC1. The lowest BCUT2D eigenvalue weighted by atomic mass is 9.97. The monoisotopic (exact) mass is 244 g/mol. The fourth-order valence-corrected chi connectivity index (χ4v) is 2.37. The molecule has 2 saturated heterocycles. The van der Waals surface area contributed by atoms with Crippen LogP contribution in [0.15, 0.2) is 0 Å². The molecule has 2 N–H and O–H groups in total. The zero-order valence-corrected chi connectivity index (χ0v) is 10.7. The Balaban J connectivity index is 1.59. The van der Waals surface area contributed by atoms with E-state index in [2.05, 4.69) is 10.2 Å². The van der Waals surface area contributed by atoms with E-state index in [4.69, 9.17) is 9.47 Å². The normalized spacial score (nSPS) is 35.3. The summed E-state index contributed by atoms with van der Waals surface area (Å²) in [4.78, 5) is 2.38. The van der Waals surface area contributed by atoms with Crippen LogP contribution >= 0.6 is 0 Å². The average Bonchev–Trinajstić information content (AvgIpc) is 2.67. The summed E-state index contributed by atoms with van der Waals surface area (Å²) >= 11 is 0. The fraction of sp³-hybridized carbons (Fsp3) is 1.00. The number of hydrogen-bond donors (Lipinski definition) is 2. The van der Waals surface area contributed by atoms with E-state index in [1.165, 1.54) is 0 Å². The van der Waals surface area contributed by atoms with Gasteiger partial charge in [-0.05, 0) is 6.92 Å². The Morgan fingerprint density at radius 1 is 1.35 bits per heavy atom. The van der Waals surface area contributed by atoms with Gasteiger partial charge in [0, 0.05) is 45.8 Å². The van der Waals surface area contributed by atoms with E-state index in [0.29, 0.717) is 13.2 Å². The molecular weight excluding hydrogens is 220 g/mol. The smallest absolute Gasteiger partial charge is 0.105 e. The van der Waals surface area contributed by atoms with Gasteiger partial charge in [-0.3, -0.25) is 4.90 Å². The number of nitrogens with zero attached hydrogens (tertiary/aromatic N) is 1. The van der Waals surface area contributed by atoms with Gasteiger partial charge in [-0.1, -0.05) is 0 Å². The van der Waals surface area contributed by atoms with E-state index in [-0.39, 0.29) is 6.10 Å². The van der Waals surface area contributed by atoms with E-state index in [1.807, 2.05) is 6.92 Å². The first-order valence-electron chi connectivity index (χ1n) is 6.55. The van der Waals surface area contributed by atoms with Gasteiger partial charge in [-0.15, -0.1) is 0 Å². The molecule has 2 unspecified atom stereocenters. The standard InChI is InChI=1S/C12H24N2O3/c1-11-12(15,2-7-17-11)10-13-3-4-14-5-8-16-9-6-14/h11,13,15H,2-10H2,1H3. The third-order valence-corrected chi connectivity index (χ3v) is 3.80. The first kappa shape index (κ1) is 13.2. The van der Waals surface area contributed by atoms with E-state index in [1.54, 1.807) is 0 Å². The molecule has 5 nitrogen and oxygen atoms in total. The second-order valence-corrected chi connectivity index (χ2v) is 5.00. The summed E-state index contributed by atoms with van der Waals surface area (Å²) in [5.74, 6) is 0. The van der Waals surface area contributed by atoms with Crippen molar-refractivity contribution >= 4 is 0 Å². The summed E-state index contributed by atoms with van der Waals surface area (Å²) in [6, 6.07) is 0.